The molecule has 2 aromatic carbocycles. The molecular formula is C21H27FO3. The third-order valence-corrected chi connectivity index (χ3v) is 4.25. The number of hydrogen-bond donors (Lipinski definition) is 1. The van der Waals surface area contributed by atoms with Crippen molar-refractivity contribution < 1.29 is 19.0 Å². The monoisotopic (exact) mass is 346 g/mol. The zero-order valence-corrected chi connectivity index (χ0v) is 15.2. The molecule has 0 spiro atoms. The van der Waals surface area contributed by atoms with Gasteiger partial charge >= 0.3 is 0 Å². The topological polar surface area (TPSA) is 38.7 Å². The van der Waals surface area contributed by atoms with Crippen molar-refractivity contribution >= 4 is 0 Å². The van der Waals surface area contributed by atoms with E-state index in [0.29, 0.717) is 5.75 Å². The van der Waals surface area contributed by atoms with Crippen LogP contribution in [-0.4, -0.2) is 31.1 Å². The zero-order valence-electron chi connectivity index (χ0n) is 15.2. The predicted molar refractivity (Wildman–Crippen MR) is 98.3 cm³/mol. The van der Waals surface area contributed by atoms with E-state index in [1.54, 1.807) is 0 Å². The second kappa shape index (κ2) is 8.86. The van der Waals surface area contributed by atoms with E-state index in [1.807, 2.05) is 36.4 Å². The molecule has 0 saturated carbocycles. The molecule has 0 aliphatic rings. The first-order chi connectivity index (χ1) is 12.0. The molecule has 0 radical (unpaired) electrons. The van der Waals surface area contributed by atoms with Crippen LogP contribution in [-0.2, 0) is 5.41 Å². The first kappa shape index (κ1) is 19.3. The Morgan fingerprint density at radius 2 is 1.40 bits per heavy atom. The molecule has 0 heterocycles. The highest BCUT2D eigenvalue weighted by Gasteiger charge is 2.23. The maximum Gasteiger partial charge on any atom is 0.119 e. The minimum Gasteiger partial charge on any atom is -0.494 e. The van der Waals surface area contributed by atoms with Gasteiger partial charge in [-0.15, -0.1) is 0 Å². The van der Waals surface area contributed by atoms with Crippen LogP contribution in [0.4, 0.5) is 4.39 Å². The zero-order chi connectivity index (χ0) is 18.3. The van der Waals surface area contributed by atoms with E-state index in [4.69, 9.17) is 9.47 Å². The van der Waals surface area contributed by atoms with Crippen LogP contribution in [0.3, 0.4) is 0 Å². The molecule has 1 N–H and O–H groups in total. The molecule has 1 atom stereocenters. The fourth-order valence-corrected chi connectivity index (χ4v) is 2.56. The van der Waals surface area contributed by atoms with Gasteiger partial charge in [0.2, 0.25) is 0 Å². The standard InChI is InChI=1S/C21H27FO3/c1-4-13-24-19-9-5-16(6-10-19)21(2,3)17-7-11-20(12-8-17)25-15-18(23)14-22/h5-12,18,23H,4,13-15H2,1-3H3. The lowest BCUT2D eigenvalue weighted by atomic mass is 9.78. The smallest absolute Gasteiger partial charge is 0.119 e. The normalized spacial score (nSPS) is 12.7. The summed E-state index contributed by atoms with van der Waals surface area (Å²) in [6.45, 7) is 6.29. The van der Waals surface area contributed by atoms with Crippen LogP contribution in [0.15, 0.2) is 48.5 Å². The van der Waals surface area contributed by atoms with Gasteiger partial charge in [-0.2, -0.15) is 0 Å². The van der Waals surface area contributed by atoms with Crippen molar-refractivity contribution in [3.63, 3.8) is 0 Å². The molecule has 4 heteroatoms. The van der Waals surface area contributed by atoms with Crippen molar-refractivity contribution in [2.24, 2.45) is 0 Å². The summed E-state index contributed by atoms with van der Waals surface area (Å²) in [7, 11) is 0. The third-order valence-electron chi connectivity index (χ3n) is 4.25. The number of halogens is 1. The van der Waals surface area contributed by atoms with E-state index in [1.165, 1.54) is 5.56 Å². The number of ether oxygens (including phenoxy) is 2. The summed E-state index contributed by atoms with van der Waals surface area (Å²) in [6.07, 6.45) is -0.0890. The second-order valence-corrected chi connectivity index (χ2v) is 6.64. The number of hydrogen-bond acceptors (Lipinski definition) is 3. The Morgan fingerprint density at radius 1 is 0.920 bits per heavy atom. The van der Waals surface area contributed by atoms with Gasteiger partial charge in [-0.05, 0) is 41.8 Å². The highest BCUT2D eigenvalue weighted by molar-refractivity contribution is 5.41. The molecule has 0 amide bonds. The predicted octanol–water partition coefficient (Wildman–Crippen LogP) is 4.51. The van der Waals surface area contributed by atoms with Gasteiger partial charge in [0, 0.05) is 5.41 Å². The molecule has 0 aliphatic heterocycles. The van der Waals surface area contributed by atoms with E-state index in [2.05, 4.69) is 32.9 Å². The molecule has 0 fully saturated rings. The Hall–Kier alpha value is -2.07. The van der Waals surface area contributed by atoms with E-state index < -0.39 is 12.8 Å². The van der Waals surface area contributed by atoms with Crippen LogP contribution in [0.2, 0.25) is 0 Å². The first-order valence-corrected chi connectivity index (χ1v) is 8.68. The van der Waals surface area contributed by atoms with Crippen molar-refractivity contribution in [2.45, 2.75) is 38.7 Å². The van der Waals surface area contributed by atoms with Crippen LogP contribution >= 0.6 is 0 Å². The Morgan fingerprint density at radius 3 is 1.84 bits per heavy atom. The van der Waals surface area contributed by atoms with Gasteiger partial charge < -0.3 is 14.6 Å². The molecule has 2 aromatic rings. The average molecular weight is 346 g/mol. The minimum atomic E-state index is -1.08. The fourth-order valence-electron chi connectivity index (χ4n) is 2.56. The quantitative estimate of drug-likeness (QED) is 0.726. The summed E-state index contributed by atoms with van der Waals surface area (Å²) in [5, 5.41) is 9.22. The van der Waals surface area contributed by atoms with Crippen molar-refractivity contribution in [1.82, 2.24) is 0 Å². The lowest BCUT2D eigenvalue weighted by molar-refractivity contribution is 0.0842. The van der Waals surface area contributed by atoms with Crippen LogP contribution in [0.1, 0.15) is 38.3 Å². The number of rotatable bonds is 9. The molecular weight excluding hydrogens is 319 g/mol. The molecule has 0 saturated heterocycles. The van der Waals surface area contributed by atoms with E-state index in [-0.39, 0.29) is 12.0 Å². The summed E-state index contributed by atoms with van der Waals surface area (Å²) < 4.78 is 23.3. The summed E-state index contributed by atoms with van der Waals surface area (Å²) >= 11 is 0. The highest BCUT2D eigenvalue weighted by Crippen LogP contribution is 2.33. The second-order valence-electron chi connectivity index (χ2n) is 6.64. The molecule has 136 valence electrons. The van der Waals surface area contributed by atoms with Gasteiger partial charge in [0.15, 0.2) is 0 Å². The fraction of sp³-hybridized carbons (Fsp3) is 0.429. The van der Waals surface area contributed by atoms with Crippen LogP contribution in [0.5, 0.6) is 11.5 Å². The van der Waals surface area contributed by atoms with E-state index >= 15 is 0 Å². The number of benzene rings is 2. The van der Waals surface area contributed by atoms with Crippen LogP contribution in [0, 0.1) is 0 Å². The van der Waals surface area contributed by atoms with Crippen LogP contribution in [0.25, 0.3) is 0 Å². The lowest BCUT2D eigenvalue weighted by Gasteiger charge is -2.26. The van der Waals surface area contributed by atoms with Gasteiger partial charge in [0.25, 0.3) is 0 Å². The number of aliphatic hydroxyl groups excluding tert-OH is 1. The van der Waals surface area contributed by atoms with Crippen LogP contribution < -0.4 is 9.47 Å². The van der Waals surface area contributed by atoms with Crippen molar-refractivity contribution in [1.29, 1.82) is 0 Å². The lowest BCUT2D eigenvalue weighted by Crippen LogP contribution is -2.20. The van der Waals surface area contributed by atoms with Gasteiger partial charge in [-0.3, -0.25) is 0 Å². The summed E-state index contributed by atoms with van der Waals surface area (Å²) in [5.41, 5.74) is 2.17. The molecule has 0 aliphatic carbocycles. The Balaban J connectivity index is 2.07. The van der Waals surface area contributed by atoms with E-state index in [9.17, 15) is 9.50 Å². The van der Waals surface area contributed by atoms with Gasteiger partial charge in [-0.1, -0.05) is 45.0 Å². The molecule has 1 unspecified atom stereocenters. The van der Waals surface area contributed by atoms with Crippen molar-refractivity contribution in [2.75, 3.05) is 19.9 Å². The summed E-state index contributed by atoms with van der Waals surface area (Å²) in [6, 6.07) is 15.9. The van der Waals surface area contributed by atoms with Crippen molar-refractivity contribution in [3.8, 4) is 11.5 Å². The average Bonchev–Trinajstić information content (AvgIpc) is 2.65. The SMILES string of the molecule is CCCOc1ccc(C(C)(C)c2ccc(OCC(O)CF)cc2)cc1. The molecule has 0 bridgehead atoms. The van der Waals surface area contributed by atoms with Gasteiger partial charge in [0.1, 0.15) is 30.9 Å². The molecule has 25 heavy (non-hydrogen) atoms. The Labute approximate surface area is 149 Å². The number of alkyl halides is 1. The maximum absolute atomic E-state index is 12.3. The Bertz CT molecular complexity index is 635. The summed E-state index contributed by atoms with van der Waals surface area (Å²) in [4.78, 5) is 0. The largest absolute Gasteiger partial charge is 0.494 e. The maximum atomic E-state index is 12.3. The van der Waals surface area contributed by atoms with Gasteiger partial charge in [-0.25, -0.2) is 4.39 Å². The Kier molecular flexibility index (Phi) is 6.82. The molecule has 2 rings (SSSR count). The molecule has 0 aromatic heterocycles. The highest BCUT2D eigenvalue weighted by atomic mass is 19.1. The third kappa shape index (κ3) is 5.20. The number of aliphatic hydroxyl groups is 1. The van der Waals surface area contributed by atoms with E-state index in [0.717, 1.165) is 24.3 Å². The molecule has 3 nitrogen and oxygen atoms in total. The van der Waals surface area contributed by atoms with Gasteiger partial charge in [0.05, 0.1) is 6.61 Å². The van der Waals surface area contributed by atoms with Crippen molar-refractivity contribution in [3.05, 3.63) is 59.7 Å². The minimum absolute atomic E-state index is 0.0432. The summed E-state index contributed by atoms with van der Waals surface area (Å²) in [5.74, 6) is 1.51. The first-order valence-electron chi connectivity index (χ1n) is 8.68.